The van der Waals surface area contributed by atoms with Crippen LogP contribution < -0.4 is 4.74 Å². The number of fused-ring (bicyclic) bond motifs is 15. The molecule has 0 spiro atoms. The molecule has 0 saturated carbocycles. The fourth-order valence-corrected chi connectivity index (χ4v) is 16.0. The maximum absolute atomic E-state index is 8.56. The molecule has 10 unspecified atom stereocenters. The molecule has 31 heteroatoms. The Kier molecular flexibility index (Phi) is 51.8. The predicted octanol–water partition coefficient (Wildman–Crippen LogP) is 23.4. The van der Waals surface area contributed by atoms with Gasteiger partial charge in [-0.3, -0.25) is 29.9 Å². The number of hydrogen-bond acceptors (Lipinski definition) is 26. The Morgan fingerprint density at radius 3 is 0.824 bits per heavy atom. The summed E-state index contributed by atoms with van der Waals surface area (Å²) in [5.74, 6) is 0.838. The number of nitrogens with zero attached hydrogens (tertiary/aromatic N) is 10. The van der Waals surface area contributed by atoms with E-state index in [1.54, 1.807) is 107 Å². The molecule has 10 aromatic heterocycles. The van der Waals surface area contributed by atoms with Crippen LogP contribution >= 0.6 is 0 Å². The molecular formula is C117H129Ir5N10O16-5. The molecule has 26 nitrogen and oxygen atoms in total. The number of hydrogen-bond donors (Lipinski definition) is 10. The minimum absolute atomic E-state index is 0. The number of furan rings is 5. The van der Waals surface area contributed by atoms with Gasteiger partial charge in [0, 0.05) is 216 Å². The summed E-state index contributed by atoms with van der Waals surface area (Å²) in [6, 6.07) is 76.1. The van der Waals surface area contributed by atoms with Crippen LogP contribution in [-0.2, 0) is 107 Å². The largest absolute Gasteiger partial charge is 0.501 e. The van der Waals surface area contributed by atoms with Crippen LogP contribution in [0.4, 0.5) is 0 Å². The third-order valence-corrected chi connectivity index (χ3v) is 22.4. The van der Waals surface area contributed by atoms with Crippen LogP contribution in [0.3, 0.4) is 0 Å². The monoisotopic (exact) mass is 2890 g/mol. The van der Waals surface area contributed by atoms with E-state index in [-0.39, 0.29) is 162 Å². The van der Waals surface area contributed by atoms with Gasteiger partial charge in [0.25, 0.3) is 0 Å². The smallest absolute Gasteiger partial charge is 0.195 e. The Bertz CT molecular complexity index is 7420. The van der Waals surface area contributed by atoms with Gasteiger partial charge in [-0.1, -0.05) is 167 Å². The van der Waals surface area contributed by atoms with Crippen molar-refractivity contribution in [3.8, 4) is 62.2 Å². The van der Waals surface area contributed by atoms with Crippen LogP contribution in [0.15, 0.2) is 241 Å². The third kappa shape index (κ3) is 34.4. The summed E-state index contributed by atoms with van der Waals surface area (Å²) >= 11 is 0. The van der Waals surface area contributed by atoms with Crippen molar-refractivity contribution in [3.63, 3.8) is 0 Å². The summed E-state index contributed by atoms with van der Waals surface area (Å²) < 4.78 is 35.5. The Labute approximate surface area is 931 Å². The number of ether oxygens (including phenoxy) is 1. The molecule has 20 aromatic rings. The quantitative estimate of drug-likeness (QED) is 0.0357. The summed E-state index contributed by atoms with van der Waals surface area (Å²) in [6.45, 7) is 34.7. The molecule has 0 amide bonds. The molecule has 0 saturated heterocycles. The molecule has 10 atom stereocenters. The van der Waals surface area contributed by atoms with Gasteiger partial charge in [-0.05, 0) is 186 Å². The molecule has 0 fully saturated rings. The minimum atomic E-state index is -0.375. The Morgan fingerprint density at radius 1 is 0.270 bits per heavy atom. The van der Waals surface area contributed by atoms with Gasteiger partial charge < -0.3 is 92.8 Å². The number of aliphatic hydroxyl groups excluding tert-OH is 10. The zero-order valence-corrected chi connectivity index (χ0v) is 98.4. The van der Waals surface area contributed by atoms with Gasteiger partial charge >= 0.3 is 0 Å². The van der Waals surface area contributed by atoms with Crippen molar-refractivity contribution in [2.75, 3.05) is 7.11 Å². The summed E-state index contributed by atoms with van der Waals surface area (Å²) in [5.41, 5.74) is 24.0. The first-order valence-electron chi connectivity index (χ1n) is 48.0. The van der Waals surface area contributed by atoms with E-state index < -0.39 is 0 Å². The van der Waals surface area contributed by atoms with E-state index in [4.69, 9.17) is 82.9 Å². The van der Waals surface area contributed by atoms with Gasteiger partial charge in [0.2, 0.25) is 0 Å². The molecule has 10 N–H and O–H groups in total. The van der Waals surface area contributed by atoms with E-state index in [0.29, 0.717) is 49.6 Å². The van der Waals surface area contributed by atoms with E-state index in [2.05, 4.69) is 120 Å². The maximum Gasteiger partial charge on any atom is 0.195 e. The van der Waals surface area contributed by atoms with Gasteiger partial charge in [0.15, 0.2) is 5.88 Å². The van der Waals surface area contributed by atoms with Crippen LogP contribution in [0.1, 0.15) is 174 Å². The maximum atomic E-state index is 8.56. The average Bonchev–Trinajstić information content (AvgIpc) is 1.63. The van der Waals surface area contributed by atoms with Crippen molar-refractivity contribution < 1.29 is 178 Å². The van der Waals surface area contributed by atoms with Crippen molar-refractivity contribution >= 4 is 110 Å². The number of rotatable bonds is 18. The first-order chi connectivity index (χ1) is 68.4. The van der Waals surface area contributed by atoms with Crippen molar-refractivity contribution in [2.24, 2.45) is 0 Å². The van der Waals surface area contributed by atoms with Gasteiger partial charge in [-0.15, -0.1) is 91.0 Å². The molecule has 10 aromatic carbocycles. The van der Waals surface area contributed by atoms with Gasteiger partial charge in [-0.25, -0.2) is 4.98 Å². The first kappa shape index (κ1) is 126. The van der Waals surface area contributed by atoms with Crippen LogP contribution in [-0.4, -0.2) is 169 Å². The van der Waals surface area contributed by atoms with Crippen molar-refractivity contribution in [2.45, 2.75) is 237 Å². The van der Waals surface area contributed by atoms with Crippen molar-refractivity contribution in [3.05, 3.63) is 295 Å². The fourth-order valence-electron chi connectivity index (χ4n) is 16.0. The molecule has 5 radical (unpaired) electrons. The molecule has 793 valence electrons. The Balaban J connectivity index is 0.000000259. The van der Waals surface area contributed by atoms with Gasteiger partial charge in [-0.2, -0.15) is 0 Å². The van der Waals surface area contributed by atoms with E-state index in [9.17, 15) is 0 Å². The molecule has 0 aliphatic rings. The fraction of sp³-hybridized carbons (Fsp3) is 0.316. The second-order valence-corrected chi connectivity index (χ2v) is 35.9. The van der Waals surface area contributed by atoms with Crippen molar-refractivity contribution in [1.82, 2.24) is 49.8 Å². The third-order valence-electron chi connectivity index (χ3n) is 22.4. The average molecular weight is 2890 g/mol. The zero-order valence-electron chi connectivity index (χ0n) is 86.4. The minimum Gasteiger partial charge on any atom is -0.501 e. The van der Waals surface area contributed by atoms with Crippen LogP contribution in [0.2, 0.25) is 0 Å². The molecular weight excluding hydrogens is 2760 g/mol. The number of aliphatic hydroxyl groups is 10. The Hall–Kier alpha value is -10.8. The normalized spacial score (nSPS) is 12.8. The number of para-hydroxylation sites is 5. The number of aromatic nitrogens is 10. The summed E-state index contributed by atoms with van der Waals surface area (Å²) in [6.07, 6.45) is 9.82. The molecule has 0 aliphatic heterocycles. The molecule has 20 rings (SSSR count). The molecule has 10 heterocycles. The second-order valence-electron chi connectivity index (χ2n) is 35.9. The topological polar surface area (TPSA) is 406 Å². The number of aryl methyl sites for hydroxylation is 7. The van der Waals surface area contributed by atoms with E-state index >= 15 is 0 Å². The summed E-state index contributed by atoms with van der Waals surface area (Å²) in [5, 5.41) is 96.5. The first-order valence-corrected chi connectivity index (χ1v) is 48.0. The second kappa shape index (κ2) is 60.9. The van der Waals surface area contributed by atoms with E-state index in [0.717, 1.165) is 212 Å². The predicted molar refractivity (Wildman–Crippen MR) is 566 cm³/mol. The van der Waals surface area contributed by atoms with E-state index in [1.807, 2.05) is 205 Å². The van der Waals surface area contributed by atoms with Crippen LogP contribution in [0.25, 0.3) is 166 Å². The van der Waals surface area contributed by atoms with Crippen LogP contribution in [0.5, 0.6) is 5.88 Å². The SMILES string of the molecule is CC(O)CC(C)O.CC(O)CC(C)O.CC(O)CC(C)O.CC(O)CC(C)O.CC(O)CC(C)O.CCc1nccnc1-c1[c-]ccc2c1oc1ccccc12.COc1nc(C)cnc1-c1[c-]ccc2c1oc1ccccc12.Cc1nc(C(C)C)cnc1-c1[c-]ccc2c1oc1ccccc12.Cc1nc(C)c(-c2[c-]ccc3c2oc2ccccc23)nc1C.Cc1nccnc1-c1[c-]ccc2c1oc1ccccc12.[Ir].[Ir].[Ir].[Ir].[Ir]. The zero-order chi connectivity index (χ0) is 103. The Morgan fingerprint density at radius 2 is 0.534 bits per heavy atom. The summed E-state index contributed by atoms with van der Waals surface area (Å²) in [4.78, 5) is 45.1. The molecule has 0 aliphatic carbocycles. The van der Waals surface area contributed by atoms with Gasteiger partial charge in [0.05, 0.1) is 119 Å². The molecule has 0 bridgehead atoms. The summed E-state index contributed by atoms with van der Waals surface area (Å²) in [7, 11) is 1.59. The van der Waals surface area contributed by atoms with Crippen LogP contribution in [0, 0.1) is 71.9 Å². The number of benzene rings is 10. The molecule has 148 heavy (non-hydrogen) atoms. The van der Waals surface area contributed by atoms with E-state index in [1.165, 1.54) is 0 Å². The van der Waals surface area contributed by atoms with Gasteiger partial charge in [0.1, 0.15) is 27.9 Å². The standard InChI is InChI=1S/C20H17N2O.C19H15N2O.C18H13N2O2.C18H13N2O.C17H11N2O.5C5H12O2.5Ir/c1-12(2)17-11-21-19(13(3)22-17)16-9-6-8-15-14-7-4-5-10-18(14)23-20(15)16;1-11-12(2)21-18(13(3)20-11)16-9-6-8-15-14-7-4-5-10-17(14)22-19(15)16;1-11-10-19-16(18(20-11)21-2)14-8-5-7-13-12-6-3-4-9-15(12)22-17(13)14;1-2-15-17(20-11-10-19-15)14-8-5-7-13-12-6-3-4-9-16(12)21-18(13)14;1-11-16(19-10-9-18-11)14-7-4-6-13-12-5-2-3-8-15(12)20-17(13)14;5*1-4(6)3-5(2)7;;;;;/h4-8,10-12H,1-3H3;4-8,10H,1-3H3;3-7,9-10H,1-2H3;3-7,9-11H,2H2,1H3;2-6,8-10H,1H3;5*4-7H,3H2,1-2H3;;;;;/q5*-1;;;;;;;;;;. The number of methoxy groups -OCH3 is 1. The van der Waals surface area contributed by atoms with Crippen molar-refractivity contribution in [1.29, 1.82) is 0 Å².